The highest BCUT2D eigenvalue weighted by atomic mass is 19.1. The topological polar surface area (TPSA) is 48.9 Å². The standard InChI is InChI=1S/C20H23FN4O2/c1-27-19-5-3-2-4-17(19)25-7-6-18(20(25)26)24-10-8-23(9-11-24)16-12-15(21)13-22-14-16/h2-5,12-14,18H,6-11H2,1H3. The number of pyridine rings is 1. The van der Waals surface area contributed by atoms with E-state index in [4.69, 9.17) is 4.74 Å². The molecule has 2 saturated heterocycles. The fraction of sp³-hybridized carbons (Fsp3) is 0.400. The highest BCUT2D eigenvalue weighted by Gasteiger charge is 2.38. The van der Waals surface area contributed by atoms with Crippen molar-refractivity contribution in [1.82, 2.24) is 9.88 Å². The van der Waals surface area contributed by atoms with Gasteiger partial charge in [0.15, 0.2) is 0 Å². The predicted molar refractivity (Wildman–Crippen MR) is 102 cm³/mol. The lowest BCUT2D eigenvalue weighted by atomic mass is 10.1. The molecule has 1 unspecified atom stereocenters. The van der Waals surface area contributed by atoms with E-state index in [-0.39, 0.29) is 17.8 Å². The van der Waals surface area contributed by atoms with Gasteiger partial charge >= 0.3 is 0 Å². The van der Waals surface area contributed by atoms with Gasteiger partial charge in [-0.05, 0) is 18.6 Å². The van der Waals surface area contributed by atoms with Crippen LogP contribution in [0.2, 0.25) is 0 Å². The van der Waals surface area contributed by atoms with E-state index in [1.165, 1.54) is 12.3 Å². The smallest absolute Gasteiger partial charge is 0.244 e. The van der Waals surface area contributed by atoms with Crippen molar-refractivity contribution >= 4 is 17.3 Å². The van der Waals surface area contributed by atoms with Gasteiger partial charge < -0.3 is 14.5 Å². The quantitative estimate of drug-likeness (QED) is 0.826. The fourth-order valence-electron chi connectivity index (χ4n) is 3.96. The summed E-state index contributed by atoms with van der Waals surface area (Å²) in [5.74, 6) is 0.517. The number of ether oxygens (including phenoxy) is 1. The molecule has 1 atom stereocenters. The summed E-state index contributed by atoms with van der Waals surface area (Å²) in [7, 11) is 1.62. The Morgan fingerprint density at radius 2 is 1.89 bits per heavy atom. The molecule has 142 valence electrons. The van der Waals surface area contributed by atoms with Crippen LogP contribution in [0, 0.1) is 5.82 Å². The zero-order chi connectivity index (χ0) is 18.8. The molecule has 2 aromatic rings. The van der Waals surface area contributed by atoms with Crippen LogP contribution in [0.5, 0.6) is 5.75 Å². The third-order valence-electron chi connectivity index (χ3n) is 5.36. The van der Waals surface area contributed by atoms with Crippen molar-refractivity contribution in [3.63, 3.8) is 0 Å². The molecule has 1 aromatic carbocycles. The number of carbonyl (C=O) groups is 1. The molecule has 6 nitrogen and oxygen atoms in total. The molecule has 1 aromatic heterocycles. The van der Waals surface area contributed by atoms with Crippen molar-refractivity contribution in [2.45, 2.75) is 12.5 Å². The maximum atomic E-state index is 13.4. The number of para-hydroxylation sites is 2. The van der Waals surface area contributed by atoms with Gasteiger partial charge in [0.25, 0.3) is 0 Å². The summed E-state index contributed by atoms with van der Waals surface area (Å²) in [6.45, 7) is 3.74. The fourth-order valence-corrected chi connectivity index (χ4v) is 3.96. The van der Waals surface area contributed by atoms with E-state index >= 15 is 0 Å². The SMILES string of the molecule is COc1ccccc1N1CCC(N2CCN(c3cncc(F)c3)CC2)C1=O. The summed E-state index contributed by atoms with van der Waals surface area (Å²) in [4.78, 5) is 23.1. The molecule has 0 radical (unpaired) electrons. The first-order chi connectivity index (χ1) is 13.2. The Kier molecular flexibility index (Phi) is 4.94. The number of halogens is 1. The van der Waals surface area contributed by atoms with Gasteiger partial charge in [-0.1, -0.05) is 12.1 Å². The van der Waals surface area contributed by atoms with Gasteiger partial charge in [0.2, 0.25) is 5.91 Å². The van der Waals surface area contributed by atoms with Gasteiger partial charge in [-0.3, -0.25) is 14.7 Å². The first-order valence-corrected chi connectivity index (χ1v) is 9.21. The second kappa shape index (κ2) is 7.52. The van der Waals surface area contributed by atoms with Gasteiger partial charge in [0.1, 0.15) is 11.6 Å². The summed E-state index contributed by atoms with van der Waals surface area (Å²) in [5.41, 5.74) is 1.63. The molecule has 2 aliphatic heterocycles. The maximum Gasteiger partial charge on any atom is 0.244 e. The third kappa shape index (κ3) is 3.47. The molecule has 2 fully saturated rings. The number of carbonyl (C=O) groups excluding carboxylic acids is 1. The highest BCUT2D eigenvalue weighted by Crippen LogP contribution is 2.32. The van der Waals surface area contributed by atoms with Crippen LogP contribution in [0.15, 0.2) is 42.7 Å². The van der Waals surface area contributed by atoms with Crippen molar-refractivity contribution in [3.8, 4) is 5.75 Å². The number of hydrogen-bond acceptors (Lipinski definition) is 5. The van der Waals surface area contributed by atoms with Crippen LogP contribution >= 0.6 is 0 Å². The van der Waals surface area contributed by atoms with Gasteiger partial charge in [0, 0.05) is 38.8 Å². The lowest BCUT2D eigenvalue weighted by Crippen LogP contribution is -2.52. The van der Waals surface area contributed by atoms with Crippen molar-refractivity contribution < 1.29 is 13.9 Å². The van der Waals surface area contributed by atoms with E-state index in [0.29, 0.717) is 6.54 Å². The number of benzene rings is 1. The lowest BCUT2D eigenvalue weighted by Gasteiger charge is -2.38. The molecule has 3 heterocycles. The Morgan fingerprint density at radius 3 is 2.63 bits per heavy atom. The lowest BCUT2D eigenvalue weighted by molar-refractivity contribution is -0.121. The number of amides is 1. The Morgan fingerprint density at radius 1 is 1.11 bits per heavy atom. The molecular weight excluding hydrogens is 347 g/mol. The Labute approximate surface area is 158 Å². The summed E-state index contributed by atoms with van der Waals surface area (Å²) in [6.07, 6.45) is 3.70. The summed E-state index contributed by atoms with van der Waals surface area (Å²) >= 11 is 0. The van der Waals surface area contributed by atoms with E-state index < -0.39 is 0 Å². The summed E-state index contributed by atoms with van der Waals surface area (Å²) in [6, 6.07) is 9.02. The first kappa shape index (κ1) is 17.7. The van der Waals surface area contributed by atoms with Crippen LogP contribution in [0.4, 0.5) is 15.8 Å². The third-order valence-corrected chi connectivity index (χ3v) is 5.36. The molecule has 0 N–H and O–H groups in total. The van der Waals surface area contributed by atoms with E-state index in [1.54, 1.807) is 13.3 Å². The van der Waals surface area contributed by atoms with E-state index in [2.05, 4.69) is 14.8 Å². The minimum Gasteiger partial charge on any atom is -0.495 e. The first-order valence-electron chi connectivity index (χ1n) is 9.21. The number of piperazine rings is 1. The number of nitrogens with zero attached hydrogens (tertiary/aromatic N) is 4. The Hall–Kier alpha value is -2.67. The Balaban J connectivity index is 1.41. The zero-order valence-electron chi connectivity index (χ0n) is 15.3. The average molecular weight is 370 g/mol. The monoisotopic (exact) mass is 370 g/mol. The average Bonchev–Trinajstić information content (AvgIpc) is 3.09. The molecule has 0 spiro atoms. The molecular formula is C20H23FN4O2. The molecule has 7 heteroatoms. The largest absolute Gasteiger partial charge is 0.495 e. The van der Waals surface area contributed by atoms with Crippen LogP contribution in [0.3, 0.4) is 0 Å². The number of rotatable bonds is 4. The molecule has 0 bridgehead atoms. The summed E-state index contributed by atoms with van der Waals surface area (Å²) < 4.78 is 18.8. The van der Waals surface area contributed by atoms with Crippen LogP contribution in [0.25, 0.3) is 0 Å². The number of aromatic nitrogens is 1. The molecule has 27 heavy (non-hydrogen) atoms. The Bertz CT molecular complexity index is 823. The van der Waals surface area contributed by atoms with E-state index in [9.17, 15) is 9.18 Å². The van der Waals surface area contributed by atoms with E-state index in [1.807, 2.05) is 29.2 Å². The number of anilines is 2. The van der Waals surface area contributed by atoms with Crippen LogP contribution < -0.4 is 14.5 Å². The van der Waals surface area contributed by atoms with Crippen molar-refractivity contribution in [2.24, 2.45) is 0 Å². The molecule has 1 amide bonds. The molecule has 0 aliphatic carbocycles. The minimum absolute atomic E-state index is 0.109. The maximum absolute atomic E-state index is 13.4. The zero-order valence-corrected chi connectivity index (χ0v) is 15.3. The van der Waals surface area contributed by atoms with Gasteiger partial charge in [-0.15, -0.1) is 0 Å². The van der Waals surface area contributed by atoms with Gasteiger partial charge in [0.05, 0.1) is 36.9 Å². The minimum atomic E-state index is -0.326. The number of hydrogen-bond donors (Lipinski definition) is 0. The van der Waals surface area contributed by atoms with Crippen LogP contribution in [0.1, 0.15) is 6.42 Å². The van der Waals surface area contributed by atoms with Crippen molar-refractivity contribution in [3.05, 3.63) is 48.5 Å². The second-order valence-corrected chi connectivity index (χ2v) is 6.85. The predicted octanol–water partition coefficient (Wildman–Crippen LogP) is 2.16. The molecule has 2 aliphatic rings. The van der Waals surface area contributed by atoms with Crippen LogP contribution in [-0.2, 0) is 4.79 Å². The highest BCUT2D eigenvalue weighted by molar-refractivity contribution is 6.00. The van der Waals surface area contributed by atoms with Gasteiger partial charge in [-0.25, -0.2) is 4.39 Å². The van der Waals surface area contributed by atoms with Gasteiger partial charge in [-0.2, -0.15) is 0 Å². The summed E-state index contributed by atoms with van der Waals surface area (Å²) in [5, 5.41) is 0. The van der Waals surface area contributed by atoms with Crippen molar-refractivity contribution in [1.29, 1.82) is 0 Å². The van der Waals surface area contributed by atoms with Crippen LogP contribution in [-0.4, -0.2) is 61.7 Å². The molecule has 0 saturated carbocycles. The van der Waals surface area contributed by atoms with E-state index in [0.717, 1.165) is 49.7 Å². The molecule has 4 rings (SSSR count). The normalized spacial score (nSPS) is 21.0. The van der Waals surface area contributed by atoms with Crippen molar-refractivity contribution in [2.75, 3.05) is 49.6 Å². The number of methoxy groups -OCH3 is 1. The second-order valence-electron chi connectivity index (χ2n) is 6.85.